The van der Waals surface area contributed by atoms with Crippen LogP contribution in [-0.2, 0) is 14.2 Å². The summed E-state index contributed by atoms with van der Waals surface area (Å²) in [6.45, 7) is 7.09. The van der Waals surface area contributed by atoms with Crippen molar-refractivity contribution < 1.29 is 36.6 Å². The molecule has 174 valence electrons. The fourth-order valence-corrected chi connectivity index (χ4v) is 5.04. The molecule has 1 aliphatic carbocycles. The number of aromatic nitrogens is 2. The molecule has 2 aliphatic heterocycles. The van der Waals surface area contributed by atoms with Gasteiger partial charge in [0.1, 0.15) is 0 Å². The van der Waals surface area contributed by atoms with Crippen molar-refractivity contribution in [3.63, 3.8) is 0 Å². The number of carbonyl (C=O) groups is 1. The zero-order valence-electron chi connectivity index (χ0n) is 17.8. The summed E-state index contributed by atoms with van der Waals surface area (Å²) in [5, 5.41) is 11.0. The molecule has 0 spiro atoms. The second kappa shape index (κ2) is 8.36. The van der Waals surface area contributed by atoms with Crippen molar-refractivity contribution in [2.45, 2.75) is 93.9 Å². The summed E-state index contributed by atoms with van der Waals surface area (Å²) in [4.78, 5) is 12.0. The van der Waals surface area contributed by atoms with Crippen molar-refractivity contribution in [3.05, 3.63) is 11.8 Å². The number of ether oxygens (including phenoxy) is 3. The van der Waals surface area contributed by atoms with Gasteiger partial charge in [-0.05, 0) is 31.7 Å². The van der Waals surface area contributed by atoms with E-state index < -0.39 is 26.6 Å². The summed E-state index contributed by atoms with van der Waals surface area (Å²) in [6, 6.07) is 0.800. The van der Waals surface area contributed by atoms with Gasteiger partial charge >= 0.3 is 12.5 Å². The van der Waals surface area contributed by atoms with E-state index in [1.54, 1.807) is 0 Å². The smallest absolute Gasteiger partial charge is 0.450 e. The summed E-state index contributed by atoms with van der Waals surface area (Å²) in [5.41, 5.74) is 0. The number of nitrogens with one attached hydrogen (secondary N) is 1. The Balaban J connectivity index is 1.22. The van der Waals surface area contributed by atoms with Gasteiger partial charge in [0.15, 0.2) is 0 Å². The molecule has 3 fully saturated rings. The van der Waals surface area contributed by atoms with Crippen LogP contribution in [0.25, 0.3) is 0 Å². The molecule has 0 unspecified atom stereocenters. The van der Waals surface area contributed by atoms with Gasteiger partial charge in [0.05, 0.1) is 36.9 Å². The minimum absolute atomic E-state index is 0.0745. The van der Waals surface area contributed by atoms with E-state index in [1.165, 1.54) is 0 Å². The Hall–Kier alpha value is -1.66. The lowest BCUT2D eigenvalue weighted by atomic mass is 9.82. The Labute approximate surface area is 179 Å². The second-order valence-electron chi connectivity index (χ2n) is 9.82. The quantitative estimate of drug-likeness (QED) is 0.612. The van der Waals surface area contributed by atoms with Crippen molar-refractivity contribution in [2.24, 2.45) is 0 Å². The Kier molecular flexibility index (Phi) is 6.07. The van der Waals surface area contributed by atoms with Gasteiger partial charge in [-0.25, -0.2) is 4.79 Å². The predicted molar refractivity (Wildman–Crippen MR) is 104 cm³/mol. The molecule has 3 aliphatic rings. The van der Waals surface area contributed by atoms with Gasteiger partial charge in [-0.1, -0.05) is 19.6 Å². The van der Waals surface area contributed by atoms with E-state index in [1.807, 2.05) is 0 Å². The number of hydrogen-bond acceptors (Lipinski definition) is 7. The fourth-order valence-electron chi connectivity index (χ4n) is 4.33. The molecule has 0 radical (unpaired) electrons. The minimum atomic E-state index is -4.62. The third-order valence-electron chi connectivity index (χ3n) is 6.13. The minimum Gasteiger partial charge on any atom is -0.450 e. The first-order valence-electron chi connectivity index (χ1n) is 10.6. The fraction of sp³-hybridized carbons (Fsp3) is 0.842. The highest BCUT2D eigenvalue weighted by atomic mass is 28.3. The highest BCUT2D eigenvalue weighted by Crippen LogP contribution is 2.46. The van der Waals surface area contributed by atoms with Crippen LogP contribution in [0.3, 0.4) is 0 Å². The predicted octanol–water partition coefficient (Wildman–Crippen LogP) is 3.93. The average molecular weight is 464 g/mol. The SMILES string of the molecule is C[Si](C)(C)CCOC(=O)N[C@H]1C[C@H]2O[C@@H]1C[C@@H]2c1nnc(C2CC(OC(F)(F)F)C2)o1. The number of carbonyl (C=O) groups excluding carboxylic acids is 1. The lowest BCUT2D eigenvalue weighted by Gasteiger charge is -2.32. The molecule has 1 N–H and O–H groups in total. The lowest BCUT2D eigenvalue weighted by Crippen LogP contribution is -2.43. The molecule has 1 aromatic heterocycles. The van der Waals surface area contributed by atoms with Gasteiger partial charge in [0, 0.05) is 14.0 Å². The molecule has 2 saturated heterocycles. The van der Waals surface area contributed by atoms with Crippen LogP contribution in [0.15, 0.2) is 4.42 Å². The maximum Gasteiger partial charge on any atom is 0.522 e. The van der Waals surface area contributed by atoms with Crippen LogP contribution in [0.1, 0.15) is 49.3 Å². The molecule has 8 nitrogen and oxygen atoms in total. The Morgan fingerprint density at radius 1 is 1.13 bits per heavy atom. The monoisotopic (exact) mass is 463 g/mol. The normalized spacial score (nSPS) is 32.7. The van der Waals surface area contributed by atoms with E-state index >= 15 is 0 Å². The largest absolute Gasteiger partial charge is 0.522 e. The van der Waals surface area contributed by atoms with Crippen molar-refractivity contribution in [2.75, 3.05) is 6.61 Å². The summed E-state index contributed by atoms with van der Waals surface area (Å²) in [6.07, 6.45) is -4.52. The van der Waals surface area contributed by atoms with E-state index in [2.05, 4.69) is 39.9 Å². The summed E-state index contributed by atoms with van der Waals surface area (Å²) in [5.74, 6) is 0.502. The average Bonchev–Trinajstić information content (AvgIpc) is 3.30. The van der Waals surface area contributed by atoms with Crippen LogP contribution in [0.4, 0.5) is 18.0 Å². The number of alkyl halides is 3. The van der Waals surface area contributed by atoms with Crippen LogP contribution in [-0.4, -0.2) is 61.7 Å². The number of hydrogen-bond donors (Lipinski definition) is 1. The van der Waals surface area contributed by atoms with Crippen LogP contribution >= 0.6 is 0 Å². The topological polar surface area (TPSA) is 95.7 Å². The van der Waals surface area contributed by atoms with Gasteiger partial charge in [0.2, 0.25) is 11.8 Å². The number of nitrogens with zero attached hydrogens (tertiary/aromatic N) is 2. The first-order valence-corrected chi connectivity index (χ1v) is 14.3. The van der Waals surface area contributed by atoms with E-state index in [0.717, 1.165) is 6.04 Å². The van der Waals surface area contributed by atoms with Crippen LogP contribution in [0, 0.1) is 0 Å². The van der Waals surface area contributed by atoms with E-state index in [0.29, 0.717) is 31.2 Å². The molecule has 31 heavy (non-hydrogen) atoms. The number of halogens is 3. The lowest BCUT2D eigenvalue weighted by molar-refractivity contribution is -0.352. The van der Waals surface area contributed by atoms with Crippen LogP contribution < -0.4 is 5.32 Å². The zero-order valence-corrected chi connectivity index (χ0v) is 18.8. The molecule has 3 heterocycles. The van der Waals surface area contributed by atoms with Gasteiger partial charge in [-0.15, -0.1) is 23.4 Å². The zero-order chi connectivity index (χ0) is 22.4. The van der Waals surface area contributed by atoms with E-state index in [-0.39, 0.29) is 42.9 Å². The van der Waals surface area contributed by atoms with Crippen LogP contribution in [0.5, 0.6) is 0 Å². The third-order valence-corrected chi connectivity index (χ3v) is 7.83. The molecule has 0 aromatic carbocycles. The van der Waals surface area contributed by atoms with Crippen molar-refractivity contribution in [1.29, 1.82) is 0 Å². The highest BCUT2D eigenvalue weighted by Gasteiger charge is 2.51. The van der Waals surface area contributed by atoms with Gasteiger partial charge < -0.3 is 19.2 Å². The number of amides is 1. The maximum absolute atomic E-state index is 12.3. The van der Waals surface area contributed by atoms with Gasteiger partial charge in [-0.2, -0.15) is 0 Å². The van der Waals surface area contributed by atoms with Crippen molar-refractivity contribution in [3.8, 4) is 0 Å². The molecule has 4 atom stereocenters. The molecule has 1 amide bonds. The van der Waals surface area contributed by atoms with Gasteiger partial charge in [-0.3, -0.25) is 4.74 Å². The molecule has 4 rings (SSSR count). The molecular weight excluding hydrogens is 435 g/mol. The molecule has 12 heteroatoms. The Bertz CT molecular complexity index is 793. The Morgan fingerprint density at radius 3 is 2.45 bits per heavy atom. The van der Waals surface area contributed by atoms with E-state index in [4.69, 9.17) is 13.9 Å². The first-order chi connectivity index (χ1) is 14.5. The molecule has 2 bridgehead atoms. The summed E-state index contributed by atoms with van der Waals surface area (Å²) in [7, 11) is -1.26. The standard InChI is InChI=1S/C19H28F3N3O5Si/c1-31(2,3)5-4-27-18(26)23-13-9-14-12(8-15(13)28-14)17-25-24-16(29-17)10-6-11(7-10)30-19(20,21)22/h10-15H,4-9H2,1-3H3,(H,23,26)/t10?,11?,12-,13-,14+,15+/m0/s1. The number of fused-ring (bicyclic) bond motifs is 2. The van der Waals surface area contributed by atoms with Crippen LogP contribution in [0.2, 0.25) is 25.7 Å². The second-order valence-corrected chi connectivity index (χ2v) is 15.4. The van der Waals surface area contributed by atoms with Crippen molar-refractivity contribution in [1.82, 2.24) is 15.5 Å². The van der Waals surface area contributed by atoms with E-state index in [9.17, 15) is 18.0 Å². The Morgan fingerprint density at radius 2 is 1.84 bits per heavy atom. The third kappa shape index (κ3) is 5.58. The highest BCUT2D eigenvalue weighted by molar-refractivity contribution is 6.76. The van der Waals surface area contributed by atoms with Gasteiger partial charge in [0.25, 0.3) is 0 Å². The molecule has 1 aromatic rings. The maximum atomic E-state index is 12.3. The summed E-state index contributed by atoms with van der Waals surface area (Å²) < 4.78 is 57.8. The summed E-state index contributed by atoms with van der Waals surface area (Å²) >= 11 is 0. The number of alkyl carbamates (subject to hydrolysis) is 1. The molecular formula is C19H28F3N3O5Si. The first kappa shape index (κ1) is 22.5. The number of rotatable bonds is 7. The van der Waals surface area contributed by atoms with Crippen molar-refractivity contribution >= 4 is 14.2 Å². The molecule has 1 saturated carbocycles.